The Labute approximate surface area is 207 Å². The van der Waals surface area contributed by atoms with Crippen molar-refractivity contribution in [3.05, 3.63) is 69.6 Å². The minimum Gasteiger partial charge on any atom is -0.497 e. The Hall–Kier alpha value is -3.50. The second kappa shape index (κ2) is 11.3. The normalized spacial score (nSPS) is 13.1. The van der Waals surface area contributed by atoms with E-state index in [1.807, 2.05) is 24.3 Å². The third-order valence-corrected chi connectivity index (χ3v) is 6.54. The van der Waals surface area contributed by atoms with E-state index in [1.165, 1.54) is 11.8 Å². The lowest BCUT2D eigenvalue weighted by molar-refractivity contribution is -0.113. The first-order chi connectivity index (χ1) is 17.0. The minimum atomic E-state index is -0.226. The van der Waals surface area contributed by atoms with Gasteiger partial charge in [-0.25, -0.2) is 4.98 Å². The fourth-order valence-electron chi connectivity index (χ4n) is 3.86. The summed E-state index contributed by atoms with van der Waals surface area (Å²) in [5, 5.41) is 3.26. The highest BCUT2D eigenvalue weighted by Crippen LogP contribution is 2.26. The third kappa shape index (κ3) is 6.34. The highest BCUT2D eigenvalue weighted by Gasteiger charge is 2.21. The predicted molar refractivity (Wildman–Crippen MR) is 135 cm³/mol. The summed E-state index contributed by atoms with van der Waals surface area (Å²) in [7, 11) is 4.74. The molecule has 9 nitrogen and oxygen atoms in total. The van der Waals surface area contributed by atoms with Crippen LogP contribution in [0.5, 0.6) is 17.2 Å². The monoisotopic (exact) mass is 496 g/mol. The van der Waals surface area contributed by atoms with E-state index in [4.69, 9.17) is 14.2 Å². The predicted octanol–water partition coefficient (Wildman–Crippen LogP) is 3.08. The molecule has 2 N–H and O–H groups in total. The van der Waals surface area contributed by atoms with Gasteiger partial charge >= 0.3 is 0 Å². The van der Waals surface area contributed by atoms with Crippen LogP contribution in [-0.2, 0) is 24.3 Å². The number of carbonyl (C=O) groups excluding carboxylic acids is 1. The number of aromatic nitrogens is 2. The summed E-state index contributed by atoms with van der Waals surface area (Å²) >= 11 is 1.19. The Morgan fingerprint density at radius 3 is 2.40 bits per heavy atom. The molecule has 2 aromatic carbocycles. The Balaban J connectivity index is 1.36. The molecule has 1 amide bonds. The molecule has 0 saturated carbocycles. The highest BCUT2D eigenvalue weighted by molar-refractivity contribution is 7.99. The van der Waals surface area contributed by atoms with Gasteiger partial charge in [-0.05, 0) is 17.7 Å². The van der Waals surface area contributed by atoms with E-state index in [0.29, 0.717) is 40.9 Å². The Kier molecular flexibility index (Phi) is 7.94. The molecule has 2 heterocycles. The van der Waals surface area contributed by atoms with E-state index in [-0.39, 0.29) is 17.2 Å². The summed E-state index contributed by atoms with van der Waals surface area (Å²) in [6.45, 7) is 2.08. The fourth-order valence-corrected chi connectivity index (χ4v) is 4.54. The van der Waals surface area contributed by atoms with Crippen LogP contribution in [0.3, 0.4) is 0 Å². The number of anilines is 1. The number of nitrogens with zero attached hydrogens (tertiary/aromatic N) is 2. The lowest BCUT2D eigenvalue weighted by Gasteiger charge is -2.27. The average Bonchev–Trinajstić information content (AvgIpc) is 2.88. The van der Waals surface area contributed by atoms with Crippen molar-refractivity contribution in [2.45, 2.75) is 24.7 Å². The zero-order valence-electron chi connectivity index (χ0n) is 19.9. The van der Waals surface area contributed by atoms with Gasteiger partial charge in [-0.1, -0.05) is 23.9 Å². The summed E-state index contributed by atoms with van der Waals surface area (Å²) < 4.78 is 15.7. The number of H-pyrrole nitrogens is 1. The van der Waals surface area contributed by atoms with Gasteiger partial charge in [-0.2, -0.15) is 0 Å². The second-order valence-corrected chi connectivity index (χ2v) is 9.01. The molecule has 4 rings (SSSR count). The van der Waals surface area contributed by atoms with Gasteiger partial charge in [-0.15, -0.1) is 0 Å². The standard InChI is InChI=1S/C25H28N4O5S/c1-32-18-6-4-16(5-7-18)13-29-9-8-22-21(14-29)24(31)28-25(27-22)35-15-23(30)26-17-10-19(33-2)12-20(11-17)34-3/h4-7,10-12H,8-9,13-15H2,1-3H3,(H,26,30)(H,27,28,31). The molecular formula is C25H28N4O5S. The van der Waals surface area contributed by atoms with Crippen LogP contribution in [0, 0.1) is 0 Å². The van der Waals surface area contributed by atoms with Gasteiger partial charge in [0.15, 0.2) is 5.16 Å². The van der Waals surface area contributed by atoms with Crippen LogP contribution in [-0.4, -0.2) is 54.4 Å². The maximum atomic E-state index is 12.8. The smallest absolute Gasteiger partial charge is 0.256 e. The van der Waals surface area contributed by atoms with Crippen LogP contribution in [0.15, 0.2) is 52.4 Å². The fraction of sp³-hybridized carbons (Fsp3) is 0.320. The first-order valence-corrected chi connectivity index (χ1v) is 12.1. The topological polar surface area (TPSA) is 106 Å². The van der Waals surface area contributed by atoms with Gasteiger partial charge in [0, 0.05) is 49.9 Å². The largest absolute Gasteiger partial charge is 0.497 e. The molecule has 0 radical (unpaired) electrons. The molecule has 0 bridgehead atoms. The van der Waals surface area contributed by atoms with E-state index < -0.39 is 0 Å². The number of amides is 1. The van der Waals surface area contributed by atoms with Crippen LogP contribution in [0.1, 0.15) is 16.8 Å². The maximum absolute atomic E-state index is 12.8. The first kappa shape index (κ1) is 24.6. The van der Waals surface area contributed by atoms with Gasteiger partial charge in [0.25, 0.3) is 5.56 Å². The number of ether oxygens (including phenoxy) is 3. The molecule has 0 fully saturated rings. The molecule has 0 unspecified atom stereocenters. The summed E-state index contributed by atoms with van der Waals surface area (Å²) in [4.78, 5) is 34.9. The zero-order valence-corrected chi connectivity index (χ0v) is 20.7. The molecule has 35 heavy (non-hydrogen) atoms. The van der Waals surface area contributed by atoms with E-state index in [2.05, 4.69) is 20.2 Å². The number of carbonyl (C=O) groups is 1. The van der Waals surface area contributed by atoms with Crippen LogP contribution < -0.4 is 25.1 Å². The number of nitrogens with one attached hydrogen (secondary N) is 2. The van der Waals surface area contributed by atoms with Crippen molar-refractivity contribution < 1.29 is 19.0 Å². The van der Waals surface area contributed by atoms with Gasteiger partial charge in [0.1, 0.15) is 17.2 Å². The molecule has 0 aliphatic carbocycles. The van der Waals surface area contributed by atoms with E-state index in [1.54, 1.807) is 39.5 Å². The lowest BCUT2D eigenvalue weighted by atomic mass is 10.1. The average molecular weight is 497 g/mol. The van der Waals surface area contributed by atoms with Crippen molar-refractivity contribution in [1.29, 1.82) is 0 Å². The van der Waals surface area contributed by atoms with Crippen molar-refractivity contribution in [1.82, 2.24) is 14.9 Å². The zero-order chi connectivity index (χ0) is 24.8. The Bertz CT molecular complexity index is 1220. The number of hydrogen-bond acceptors (Lipinski definition) is 8. The molecule has 0 atom stereocenters. The molecular weight excluding hydrogens is 468 g/mol. The van der Waals surface area contributed by atoms with E-state index in [9.17, 15) is 9.59 Å². The SMILES string of the molecule is COc1ccc(CN2CCc3nc(SCC(=O)Nc4cc(OC)cc(OC)c4)[nH]c(=O)c3C2)cc1. The number of methoxy groups -OCH3 is 3. The lowest BCUT2D eigenvalue weighted by Crippen LogP contribution is -2.35. The molecule has 0 saturated heterocycles. The van der Waals surface area contributed by atoms with Crippen LogP contribution in [0.2, 0.25) is 0 Å². The summed E-state index contributed by atoms with van der Waals surface area (Å²) in [5.41, 5.74) is 3.04. The molecule has 3 aromatic rings. The number of hydrogen-bond donors (Lipinski definition) is 2. The third-order valence-electron chi connectivity index (χ3n) is 5.67. The number of fused-ring (bicyclic) bond motifs is 1. The first-order valence-electron chi connectivity index (χ1n) is 11.1. The van der Waals surface area contributed by atoms with E-state index in [0.717, 1.165) is 30.1 Å². The number of thioether (sulfide) groups is 1. The van der Waals surface area contributed by atoms with Crippen molar-refractivity contribution in [3.8, 4) is 17.2 Å². The molecule has 184 valence electrons. The molecule has 1 aliphatic heterocycles. The highest BCUT2D eigenvalue weighted by atomic mass is 32.2. The number of rotatable bonds is 9. The molecule has 10 heteroatoms. The molecule has 0 spiro atoms. The van der Waals surface area contributed by atoms with Crippen molar-refractivity contribution >= 4 is 23.4 Å². The molecule has 1 aliphatic rings. The second-order valence-electron chi connectivity index (χ2n) is 8.04. The Morgan fingerprint density at radius 2 is 1.74 bits per heavy atom. The molecule has 1 aromatic heterocycles. The quantitative estimate of drug-likeness (QED) is 0.344. The minimum absolute atomic E-state index is 0.102. The van der Waals surface area contributed by atoms with Crippen molar-refractivity contribution in [3.63, 3.8) is 0 Å². The number of aromatic amines is 1. The van der Waals surface area contributed by atoms with Crippen LogP contribution in [0.25, 0.3) is 0 Å². The van der Waals surface area contributed by atoms with Crippen LogP contribution >= 0.6 is 11.8 Å². The van der Waals surface area contributed by atoms with Crippen molar-refractivity contribution in [2.75, 3.05) is 38.9 Å². The number of benzene rings is 2. The van der Waals surface area contributed by atoms with E-state index >= 15 is 0 Å². The maximum Gasteiger partial charge on any atom is 0.256 e. The van der Waals surface area contributed by atoms with Gasteiger partial charge in [-0.3, -0.25) is 14.5 Å². The van der Waals surface area contributed by atoms with Crippen molar-refractivity contribution in [2.24, 2.45) is 0 Å². The Morgan fingerprint density at radius 1 is 1.06 bits per heavy atom. The summed E-state index contributed by atoms with van der Waals surface area (Å²) in [6.07, 6.45) is 0.679. The summed E-state index contributed by atoms with van der Waals surface area (Å²) in [5.74, 6) is 1.85. The summed E-state index contributed by atoms with van der Waals surface area (Å²) in [6, 6.07) is 13.1. The van der Waals surface area contributed by atoms with Gasteiger partial charge < -0.3 is 24.5 Å². The van der Waals surface area contributed by atoms with Gasteiger partial charge in [0.05, 0.1) is 38.3 Å². The van der Waals surface area contributed by atoms with Gasteiger partial charge in [0.2, 0.25) is 5.91 Å². The van der Waals surface area contributed by atoms with Crippen LogP contribution in [0.4, 0.5) is 5.69 Å².